The molecule has 0 amide bonds. The van der Waals surface area contributed by atoms with Gasteiger partial charge < -0.3 is 5.73 Å². The molecule has 0 saturated heterocycles. The van der Waals surface area contributed by atoms with Crippen molar-refractivity contribution in [2.45, 2.75) is 13.3 Å². The first-order valence-corrected chi connectivity index (χ1v) is 2.98. The zero-order chi connectivity index (χ0) is 7.28. The van der Waals surface area contributed by atoms with Gasteiger partial charge in [-0.05, 0) is 18.6 Å². The van der Waals surface area contributed by atoms with Gasteiger partial charge in [-0.3, -0.25) is 0 Å². The highest BCUT2D eigenvalue weighted by Crippen LogP contribution is 1.99. The van der Waals surface area contributed by atoms with Crippen molar-refractivity contribution in [3.05, 3.63) is 36.6 Å². The van der Waals surface area contributed by atoms with Crippen LogP contribution in [0.2, 0.25) is 0 Å². The summed E-state index contributed by atoms with van der Waals surface area (Å²) >= 11 is 0. The third-order valence-electron chi connectivity index (χ3n) is 1.06. The van der Waals surface area contributed by atoms with Gasteiger partial charge in [-0.15, -0.1) is 0 Å². The molecule has 0 aromatic heterocycles. The average Bonchev–Trinajstić information content (AvgIpc) is 1.87. The molecule has 1 nitrogen and oxygen atoms in total. The van der Waals surface area contributed by atoms with Crippen molar-refractivity contribution in [2.24, 2.45) is 5.73 Å². The van der Waals surface area contributed by atoms with Gasteiger partial charge in [-0.2, -0.15) is 0 Å². The molecule has 0 bridgehead atoms. The third kappa shape index (κ3) is 3.59. The lowest BCUT2D eigenvalue weighted by molar-refractivity contribution is 1.15. The summed E-state index contributed by atoms with van der Waals surface area (Å²) in [6.45, 7) is 9.31. The van der Waals surface area contributed by atoms with Crippen molar-refractivity contribution in [2.75, 3.05) is 0 Å². The highest BCUT2D eigenvalue weighted by Gasteiger charge is 1.83. The molecule has 50 valence electrons. The Labute approximate surface area is 56.6 Å². The van der Waals surface area contributed by atoms with E-state index in [1.165, 1.54) is 0 Å². The Kier molecular flexibility index (Phi) is 3.52. The Balaban J connectivity index is 3.94. The Bertz CT molecular complexity index is 143. The summed E-state index contributed by atoms with van der Waals surface area (Å²) in [6.07, 6.45) is 4.38. The van der Waals surface area contributed by atoms with Crippen LogP contribution in [0.1, 0.15) is 13.3 Å². The Hall–Kier alpha value is -0.980. The first-order chi connectivity index (χ1) is 4.20. The van der Waals surface area contributed by atoms with Crippen LogP contribution in [0.25, 0.3) is 0 Å². The number of allylic oxidation sites excluding steroid dienone is 3. The van der Waals surface area contributed by atoms with Crippen LogP contribution >= 0.6 is 0 Å². The van der Waals surface area contributed by atoms with E-state index in [9.17, 15) is 0 Å². The predicted octanol–water partition coefficient (Wildman–Crippen LogP) is 1.98. The molecule has 0 aliphatic carbocycles. The highest BCUT2D eigenvalue weighted by molar-refractivity contribution is 5.24. The number of hydrogen-bond donors (Lipinski definition) is 1. The van der Waals surface area contributed by atoms with E-state index in [-0.39, 0.29) is 0 Å². The molecule has 0 aromatic rings. The molecule has 2 N–H and O–H groups in total. The van der Waals surface area contributed by atoms with E-state index >= 15 is 0 Å². The van der Waals surface area contributed by atoms with Gasteiger partial charge >= 0.3 is 0 Å². The van der Waals surface area contributed by atoms with Gasteiger partial charge in [0.2, 0.25) is 0 Å². The predicted molar refractivity (Wildman–Crippen MR) is 41.9 cm³/mol. The van der Waals surface area contributed by atoms with Crippen LogP contribution in [0, 0.1) is 0 Å². The molecular weight excluding hydrogens is 110 g/mol. The van der Waals surface area contributed by atoms with Crippen molar-refractivity contribution < 1.29 is 0 Å². The normalized spacial score (nSPS) is 11.0. The van der Waals surface area contributed by atoms with Gasteiger partial charge in [0.05, 0.1) is 0 Å². The molecule has 0 unspecified atom stereocenters. The fourth-order valence-electron chi connectivity index (χ4n) is 0.397. The minimum atomic E-state index is 0.682. The third-order valence-corrected chi connectivity index (χ3v) is 1.06. The molecule has 0 aliphatic heterocycles. The fourth-order valence-corrected chi connectivity index (χ4v) is 0.397. The maximum atomic E-state index is 5.43. The molecule has 1 heteroatoms. The molecule has 0 radical (unpaired) electrons. The second-order valence-electron chi connectivity index (χ2n) is 1.86. The van der Waals surface area contributed by atoms with Gasteiger partial charge in [0.1, 0.15) is 0 Å². The molecular formula is C8H13N. The van der Waals surface area contributed by atoms with E-state index in [0.717, 1.165) is 12.0 Å². The summed E-state index contributed by atoms with van der Waals surface area (Å²) in [5.41, 5.74) is 7.15. The molecule has 0 spiro atoms. The van der Waals surface area contributed by atoms with Gasteiger partial charge in [-0.25, -0.2) is 0 Å². The number of nitrogens with two attached hydrogens (primary N) is 1. The van der Waals surface area contributed by atoms with Crippen molar-refractivity contribution in [1.82, 2.24) is 0 Å². The molecule has 0 fully saturated rings. The molecule has 0 aliphatic rings. The zero-order valence-corrected chi connectivity index (χ0v) is 5.85. The first-order valence-electron chi connectivity index (χ1n) is 2.98. The quantitative estimate of drug-likeness (QED) is 0.570. The van der Waals surface area contributed by atoms with E-state index in [0.29, 0.717) is 5.70 Å². The summed E-state index contributed by atoms with van der Waals surface area (Å²) < 4.78 is 0. The first kappa shape index (κ1) is 8.02. The Morgan fingerprint density at radius 3 is 2.56 bits per heavy atom. The zero-order valence-electron chi connectivity index (χ0n) is 5.85. The molecule has 0 atom stereocenters. The molecule has 0 saturated carbocycles. The van der Waals surface area contributed by atoms with Crippen LogP contribution in [-0.2, 0) is 0 Å². The minimum Gasteiger partial charge on any atom is -0.399 e. The van der Waals surface area contributed by atoms with Gasteiger partial charge in [0.15, 0.2) is 0 Å². The summed E-state index contributed by atoms with van der Waals surface area (Å²) in [5, 5.41) is 0. The monoisotopic (exact) mass is 123 g/mol. The lowest BCUT2D eigenvalue weighted by atomic mass is 10.2. The van der Waals surface area contributed by atoms with Crippen LogP contribution in [-0.4, -0.2) is 0 Å². The standard InChI is InChI=1S/C8H13N/c1-4-7(3)6-8(9)5-2/h5-6H,2-4,9H2,1H3/b8-6+. The second kappa shape index (κ2) is 3.96. The van der Waals surface area contributed by atoms with E-state index in [4.69, 9.17) is 5.73 Å². The largest absolute Gasteiger partial charge is 0.399 e. The van der Waals surface area contributed by atoms with Crippen LogP contribution in [0.5, 0.6) is 0 Å². The lowest BCUT2D eigenvalue weighted by Gasteiger charge is -1.93. The van der Waals surface area contributed by atoms with Crippen LogP contribution in [0.15, 0.2) is 36.6 Å². The lowest BCUT2D eigenvalue weighted by Crippen LogP contribution is -1.91. The summed E-state index contributed by atoms with van der Waals surface area (Å²) in [7, 11) is 0. The number of hydrogen-bond acceptors (Lipinski definition) is 1. The topological polar surface area (TPSA) is 26.0 Å². The second-order valence-corrected chi connectivity index (χ2v) is 1.86. The van der Waals surface area contributed by atoms with Gasteiger partial charge in [0, 0.05) is 5.70 Å². The summed E-state index contributed by atoms with van der Waals surface area (Å²) in [4.78, 5) is 0. The van der Waals surface area contributed by atoms with Gasteiger partial charge in [-0.1, -0.05) is 25.7 Å². The molecule has 0 aromatic carbocycles. The number of rotatable bonds is 3. The van der Waals surface area contributed by atoms with Crippen LogP contribution < -0.4 is 5.73 Å². The minimum absolute atomic E-state index is 0.682. The smallest absolute Gasteiger partial charge is 0.0310 e. The van der Waals surface area contributed by atoms with E-state index in [1.807, 2.05) is 13.0 Å². The van der Waals surface area contributed by atoms with Crippen molar-refractivity contribution in [3.8, 4) is 0 Å². The van der Waals surface area contributed by atoms with Gasteiger partial charge in [0.25, 0.3) is 0 Å². The molecule has 0 heterocycles. The van der Waals surface area contributed by atoms with Crippen molar-refractivity contribution in [3.63, 3.8) is 0 Å². The van der Waals surface area contributed by atoms with Crippen LogP contribution in [0.3, 0.4) is 0 Å². The maximum absolute atomic E-state index is 5.43. The SMILES string of the molecule is C=C/C(N)=C\C(=C)CC. The molecule has 9 heavy (non-hydrogen) atoms. The van der Waals surface area contributed by atoms with Crippen molar-refractivity contribution >= 4 is 0 Å². The van der Waals surface area contributed by atoms with Crippen molar-refractivity contribution in [1.29, 1.82) is 0 Å². The Morgan fingerprint density at radius 2 is 2.22 bits per heavy atom. The maximum Gasteiger partial charge on any atom is 0.0310 e. The summed E-state index contributed by atoms with van der Waals surface area (Å²) in [5.74, 6) is 0. The summed E-state index contributed by atoms with van der Waals surface area (Å²) in [6, 6.07) is 0. The highest BCUT2D eigenvalue weighted by atomic mass is 14.5. The Morgan fingerprint density at radius 1 is 1.67 bits per heavy atom. The fraction of sp³-hybridized carbons (Fsp3) is 0.250. The van der Waals surface area contributed by atoms with E-state index < -0.39 is 0 Å². The van der Waals surface area contributed by atoms with E-state index in [1.54, 1.807) is 6.08 Å². The molecule has 0 rings (SSSR count). The average molecular weight is 123 g/mol. The van der Waals surface area contributed by atoms with Crippen LogP contribution in [0.4, 0.5) is 0 Å². The van der Waals surface area contributed by atoms with E-state index in [2.05, 4.69) is 13.2 Å².